The summed E-state index contributed by atoms with van der Waals surface area (Å²) >= 11 is 0. The number of para-hydroxylation sites is 1. The number of likely N-dealkylation sites (tertiary alicyclic amines) is 1. The van der Waals surface area contributed by atoms with E-state index in [1.54, 1.807) is 0 Å². The van der Waals surface area contributed by atoms with Crippen molar-refractivity contribution in [1.29, 1.82) is 0 Å². The molecule has 150 valence electrons. The average Bonchev–Trinajstić information content (AvgIpc) is 3.19. The van der Waals surface area contributed by atoms with E-state index in [-0.39, 0.29) is 6.04 Å². The van der Waals surface area contributed by atoms with Crippen LogP contribution in [-0.2, 0) is 6.54 Å². The zero-order valence-corrected chi connectivity index (χ0v) is 16.3. The number of β-amino-alcohol motifs (C(OH)–C–C–N with tert-alkyl or cyclic N) is 1. The number of furan rings is 1. The third-order valence-electron chi connectivity index (χ3n) is 5.75. The molecular weight excluding hydrogens is 378 g/mol. The SMILES string of the molecule is [N-]=[N+]=N[C@@H]1CCN(Cc2ccc3cncc(-c4cc5ccccc5o4)c3c2)C[C@@H]1O. The molecule has 2 atom stereocenters. The van der Waals surface area contributed by atoms with Crippen LogP contribution in [0.3, 0.4) is 0 Å². The Labute approximate surface area is 173 Å². The number of aliphatic hydroxyl groups is 1. The van der Waals surface area contributed by atoms with Crippen LogP contribution in [0.4, 0.5) is 0 Å². The lowest BCUT2D eigenvalue weighted by Crippen LogP contribution is -2.45. The molecule has 0 bridgehead atoms. The van der Waals surface area contributed by atoms with Crippen LogP contribution in [0.2, 0.25) is 0 Å². The maximum absolute atomic E-state index is 10.3. The summed E-state index contributed by atoms with van der Waals surface area (Å²) < 4.78 is 6.08. The van der Waals surface area contributed by atoms with Gasteiger partial charge < -0.3 is 9.52 Å². The normalized spacial score (nSPS) is 19.8. The maximum Gasteiger partial charge on any atom is 0.137 e. The van der Waals surface area contributed by atoms with Crippen LogP contribution in [0.25, 0.3) is 43.5 Å². The summed E-state index contributed by atoms with van der Waals surface area (Å²) in [5.74, 6) is 0.803. The zero-order valence-electron chi connectivity index (χ0n) is 16.3. The molecule has 7 heteroatoms. The molecular formula is C23H21N5O2. The number of rotatable bonds is 4. The van der Waals surface area contributed by atoms with Crippen LogP contribution >= 0.6 is 0 Å². The summed E-state index contributed by atoms with van der Waals surface area (Å²) in [5, 5.41) is 17.2. The van der Waals surface area contributed by atoms with Gasteiger partial charge in [-0.2, -0.15) is 0 Å². The first-order chi connectivity index (χ1) is 14.7. The molecule has 1 saturated heterocycles. The topological polar surface area (TPSA) is 98.3 Å². The van der Waals surface area contributed by atoms with Crippen LogP contribution in [0.15, 0.2) is 70.5 Å². The average molecular weight is 399 g/mol. The molecule has 3 heterocycles. The molecule has 2 aromatic heterocycles. The summed E-state index contributed by atoms with van der Waals surface area (Å²) in [6.07, 6.45) is 3.73. The minimum Gasteiger partial charge on any atom is -0.456 e. The molecule has 0 spiro atoms. The second kappa shape index (κ2) is 7.80. The monoisotopic (exact) mass is 399 g/mol. The van der Waals surface area contributed by atoms with E-state index in [0.717, 1.165) is 51.7 Å². The fourth-order valence-electron chi connectivity index (χ4n) is 4.21. The largest absolute Gasteiger partial charge is 0.456 e. The minimum atomic E-state index is -0.634. The van der Waals surface area contributed by atoms with Crippen molar-refractivity contribution in [3.8, 4) is 11.3 Å². The summed E-state index contributed by atoms with van der Waals surface area (Å²) in [5.41, 5.74) is 11.6. The fraction of sp³-hybridized carbons (Fsp3) is 0.261. The number of nitrogens with zero attached hydrogens (tertiary/aromatic N) is 5. The zero-order chi connectivity index (χ0) is 20.5. The smallest absolute Gasteiger partial charge is 0.137 e. The number of pyridine rings is 1. The van der Waals surface area contributed by atoms with Crippen molar-refractivity contribution in [2.24, 2.45) is 5.11 Å². The second-order valence-electron chi connectivity index (χ2n) is 7.75. The predicted molar refractivity (Wildman–Crippen MR) is 116 cm³/mol. The highest BCUT2D eigenvalue weighted by molar-refractivity contribution is 5.97. The van der Waals surface area contributed by atoms with E-state index in [2.05, 4.69) is 44.2 Å². The highest BCUT2D eigenvalue weighted by Gasteiger charge is 2.26. The molecule has 2 aromatic carbocycles. The maximum atomic E-state index is 10.3. The Hall–Kier alpha value is -3.38. The van der Waals surface area contributed by atoms with Crippen molar-refractivity contribution in [3.63, 3.8) is 0 Å². The molecule has 1 N–H and O–H groups in total. The molecule has 0 aliphatic carbocycles. The van der Waals surface area contributed by atoms with E-state index in [0.29, 0.717) is 13.0 Å². The molecule has 0 radical (unpaired) electrons. The van der Waals surface area contributed by atoms with E-state index >= 15 is 0 Å². The summed E-state index contributed by atoms with van der Waals surface area (Å²) in [6, 6.07) is 16.0. The molecule has 1 fully saturated rings. The predicted octanol–water partition coefficient (Wildman–Crippen LogP) is 4.89. The third-order valence-corrected chi connectivity index (χ3v) is 5.75. The van der Waals surface area contributed by atoms with Gasteiger partial charge in [0.25, 0.3) is 0 Å². The fourth-order valence-corrected chi connectivity index (χ4v) is 4.21. The number of benzene rings is 2. The van der Waals surface area contributed by atoms with Gasteiger partial charge in [0.1, 0.15) is 11.3 Å². The van der Waals surface area contributed by atoms with Crippen molar-refractivity contribution in [3.05, 3.63) is 76.9 Å². The van der Waals surface area contributed by atoms with Gasteiger partial charge in [0, 0.05) is 46.7 Å². The molecule has 0 saturated carbocycles. The van der Waals surface area contributed by atoms with Gasteiger partial charge in [0.05, 0.1) is 12.1 Å². The Morgan fingerprint density at radius 1 is 1.17 bits per heavy atom. The van der Waals surface area contributed by atoms with E-state index in [1.807, 2.05) is 36.7 Å². The summed E-state index contributed by atoms with van der Waals surface area (Å²) in [6.45, 7) is 2.00. The van der Waals surface area contributed by atoms with Crippen LogP contribution in [0.1, 0.15) is 12.0 Å². The number of aliphatic hydroxyl groups excluding tert-OH is 1. The van der Waals surface area contributed by atoms with E-state index < -0.39 is 6.10 Å². The van der Waals surface area contributed by atoms with Crippen molar-refractivity contribution < 1.29 is 9.52 Å². The Balaban J connectivity index is 1.45. The molecule has 30 heavy (non-hydrogen) atoms. The number of fused-ring (bicyclic) bond motifs is 2. The van der Waals surface area contributed by atoms with Gasteiger partial charge in [-0.15, -0.1) is 0 Å². The highest BCUT2D eigenvalue weighted by atomic mass is 16.3. The summed E-state index contributed by atoms with van der Waals surface area (Å²) in [4.78, 5) is 9.43. The number of aromatic nitrogens is 1. The van der Waals surface area contributed by atoms with Gasteiger partial charge >= 0.3 is 0 Å². The summed E-state index contributed by atoms with van der Waals surface area (Å²) in [7, 11) is 0. The Bertz CT molecular complexity index is 1230. The van der Waals surface area contributed by atoms with E-state index in [1.165, 1.54) is 0 Å². The van der Waals surface area contributed by atoms with Crippen LogP contribution in [0, 0.1) is 0 Å². The number of piperidine rings is 1. The Morgan fingerprint density at radius 3 is 2.90 bits per heavy atom. The second-order valence-corrected chi connectivity index (χ2v) is 7.75. The van der Waals surface area contributed by atoms with Crippen LogP contribution in [0.5, 0.6) is 0 Å². The first-order valence-electron chi connectivity index (χ1n) is 10.0. The van der Waals surface area contributed by atoms with E-state index in [4.69, 9.17) is 9.95 Å². The lowest BCUT2D eigenvalue weighted by atomic mass is 10.00. The van der Waals surface area contributed by atoms with E-state index in [9.17, 15) is 5.11 Å². The highest BCUT2D eigenvalue weighted by Crippen LogP contribution is 2.33. The molecule has 5 rings (SSSR count). The van der Waals surface area contributed by atoms with Gasteiger partial charge in [0.2, 0.25) is 0 Å². The quantitative estimate of drug-likeness (QED) is 0.300. The lowest BCUT2D eigenvalue weighted by molar-refractivity contribution is 0.0501. The van der Waals surface area contributed by atoms with Gasteiger partial charge in [-0.1, -0.05) is 35.4 Å². The molecule has 1 aliphatic rings. The standard InChI is InChI=1S/C23H21N5O2/c24-27-26-20-7-8-28(14-21(20)29)13-15-5-6-17-11-25-12-19(18(17)9-15)23-10-16-3-1-2-4-22(16)30-23/h1-6,9-12,20-21,29H,7-8,13-14H2/t20-,21+/m1/s1. The van der Waals surface area contributed by atoms with Gasteiger partial charge in [-0.05, 0) is 47.6 Å². The number of hydrogen-bond acceptors (Lipinski definition) is 5. The van der Waals surface area contributed by atoms with Gasteiger partial charge in [-0.3, -0.25) is 9.88 Å². The van der Waals surface area contributed by atoms with Crippen LogP contribution < -0.4 is 0 Å². The first kappa shape index (κ1) is 18.6. The molecule has 0 unspecified atom stereocenters. The third kappa shape index (κ3) is 3.50. The van der Waals surface area contributed by atoms with Crippen molar-refractivity contribution in [2.75, 3.05) is 13.1 Å². The first-order valence-corrected chi connectivity index (χ1v) is 10.0. The number of hydrogen-bond donors (Lipinski definition) is 1. The minimum absolute atomic E-state index is 0.339. The Kier molecular flexibility index (Phi) is 4.85. The lowest BCUT2D eigenvalue weighted by Gasteiger charge is -2.33. The molecule has 0 amide bonds. The van der Waals surface area contributed by atoms with Crippen molar-refractivity contribution in [2.45, 2.75) is 25.1 Å². The molecule has 4 aromatic rings. The molecule has 1 aliphatic heterocycles. The van der Waals surface area contributed by atoms with Crippen molar-refractivity contribution >= 4 is 21.7 Å². The molecule has 7 nitrogen and oxygen atoms in total. The van der Waals surface area contributed by atoms with Crippen LogP contribution in [-0.4, -0.2) is 40.2 Å². The van der Waals surface area contributed by atoms with Gasteiger partial charge in [0.15, 0.2) is 0 Å². The van der Waals surface area contributed by atoms with Gasteiger partial charge in [-0.25, -0.2) is 0 Å². The Morgan fingerprint density at radius 2 is 2.07 bits per heavy atom. The van der Waals surface area contributed by atoms with Crippen molar-refractivity contribution in [1.82, 2.24) is 9.88 Å². The number of azide groups is 1.